The van der Waals surface area contributed by atoms with Crippen molar-refractivity contribution in [1.29, 1.82) is 0 Å². The summed E-state index contributed by atoms with van der Waals surface area (Å²) >= 11 is 0. The quantitative estimate of drug-likeness (QED) is 0.529. The molecule has 0 radical (unpaired) electrons. The van der Waals surface area contributed by atoms with Gasteiger partial charge >= 0.3 is 6.09 Å². The number of morpholine rings is 1. The zero-order chi connectivity index (χ0) is 9.64. The summed E-state index contributed by atoms with van der Waals surface area (Å²) in [6.07, 6.45) is 0.350. The lowest BCUT2D eigenvalue weighted by Crippen LogP contribution is -2.37. The number of fused-ring (bicyclic) bond motifs is 1. The molecular weight excluding hydrogens is 170 g/mol. The summed E-state index contributed by atoms with van der Waals surface area (Å²) < 4.78 is 10.4. The van der Waals surface area contributed by atoms with Crippen molar-refractivity contribution in [2.24, 2.45) is 0 Å². The van der Waals surface area contributed by atoms with Gasteiger partial charge in [0.1, 0.15) is 17.8 Å². The van der Waals surface area contributed by atoms with Crippen LogP contribution in [0.4, 0.5) is 4.79 Å². The van der Waals surface area contributed by atoms with Crippen LogP contribution >= 0.6 is 0 Å². The maximum absolute atomic E-state index is 11.5. The maximum Gasteiger partial charge on any atom is 0.410 e. The summed E-state index contributed by atoms with van der Waals surface area (Å²) in [5, 5.41) is 0. The number of hydrogen-bond donors (Lipinski definition) is 0. The van der Waals surface area contributed by atoms with Gasteiger partial charge in [-0.15, -0.1) is 0 Å². The van der Waals surface area contributed by atoms with Crippen LogP contribution in [0.25, 0.3) is 0 Å². The lowest BCUT2D eigenvalue weighted by molar-refractivity contribution is 0.0230. The number of epoxide rings is 1. The van der Waals surface area contributed by atoms with Crippen molar-refractivity contribution in [3.63, 3.8) is 0 Å². The highest BCUT2D eigenvalue weighted by Gasteiger charge is 2.49. The van der Waals surface area contributed by atoms with Crippen LogP contribution in [-0.2, 0) is 9.47 Å². The third-order valence-electron chi connectivity index (χ3n) is 2.14. The zero-order valence-corrected chi connectivity index (χ0v) is 8.24. The standard InChI is InChI=1S/C9H15NO3/c1-9(2,3)13-8(11)10-4-6-7(5-10)12-6/h6-7H,4-5H2,1-3H3/t6-,7?/m1/s1. The fourth-order valence-electron chi connectivity index (χ4n) is 1.48. The lowest BCUT2D eigenvalue weighted by atomic mass is 10.2. The molecule has 0 aromatic rings. The van der Waals surface area contributed by atoms with Crippen LogP contribution in [0, 0.1) is 0 Å². The Hall–Kier alpha value is -0.770. The van der Waals surface area contributed by atoms with E-state index in [2.05, 4.69) is 0 Å². The maximum atomic E-state index is 11.5. The van der Waals surface area contributed by atoms with E-state index < -0.39 is 5.60 Å². The zero-order valence-electron chi connectivity index (χ0n) is 8.24. The Balaban J connectivity index is 1.84. The minimum atomic E-state index is -0.398. The van der Waals surface area contributed by atoms with E-state index in [1.54, 1.807) is 4.90 Å². The first-order chi connectivity index (χ1) is 5.96. The van der Waals surface area contributed by atoms with Crippen LogP contribution in [0.1, 0.15) is 20.8 Å². The van der Waals surface area contributed by atoms with E-state index in [0.717, 1.165) is 0 Å². The van der Waals surface area contributed by atoms with Crippen molar-refractivity contribution in [3.8, 4) is 0 Å². The van der Waals surface area contributed by atoms with Crippen LogP contribution in [0.3, 0.4) is 0 Å². The smallest absolute Gasteiger partial charge is 0.410 e. The van der Waals surface area contributed by atoms with Crippen LogP contribution < -0.4 is 0 Å². The van der Waals surface area contributed by atoms with E-state index in [9.17, 15) is 4.79 Å². The summed E-state index contributed by atoms with van der Waals surface area (Å²) in [4.78, 5) is 13.2. The molecule has 2 heterocycles. The molecule has 0 N–H and O–H groups in total. The normalized spacial score (nSPS) is 31.5. The van der Waals surface area contributed by atoms with Crippen molar-refractivity contribution in [2.45, 2.75) is 38.6 Å². The van der Waals surface area contributed by atoms with Gasteiger partial charge in [-0.2, -0.15) is 0 Å². The van der Waals surface area contributed by atoms with E-state index in [1.807, 2.05) is 20.8 Å². The van der Waals surface area contributed by atoms with Crippen LogP contribution in [0.15, 0.2) is 0 Å². The molecule has 0 spiro atoms. The molecule has 2 fully saturated rings. The predicted molar refractivity (Wildman–Crippen MR) is 46.5 cm³/mol. The number of ether oxygens (including phenoxy) is 2. The molecule has 2 atom stereocenters. The number of carbonyl (C=O) groups is 1. The number of carbonyl (C=O) groups excluding carboxylic acids is 1. The Morgan fingerprint density at radius 1 is 1.38 bits per heavy atom. The average molecular weight is 185 g/mol. The summed E-state index contributed by atoms with van der Waals surface area (Å²) in [5.41, 5.74) is -0.398. The van der Waals surface area contributed by atoms with Gasteiger partial charge in [0, 0.05) is 0 Å². The molecule has 2 rings (SSSR count). The summed E-state index contributed by atoms with van der Waals surface area (Å²) in [6, 6.07) is 0. The number of amides is 1. The second-order valence-electron chi connectivity index (χ2n) is 4.60. The van der Waals surface area contributed by atoms with Crippen LogP contribution in [-0.4, -0.2) is 41.9 Å². The first-order valence-corrected chi connectivity index (χ1v) is 4.59. The number of hydrogen-bond acceptors (Lipinski definition) is 3. The number of nitrogens with zero attached hydrogens (tertiary/aromatic N) is 1. The first-order valence-electron chi connectivity index (χ1n) is 4.59. The van der Waals surface area contributed by atoms with Crippen LogP contribution in [0.5, 0.6) is 0 Å². The van der Waals surface area contributed by atoms with Gasteiger partial charge in [0.25, 0.3) is 0 Å². The number of likely N-dealkylation sites (tertiary alicyclic amines) is 1. The highest BCUT2D eigenvalue weighted by atomic mass is 16.6. The van der Waals surface area contributed by atoms with Gasteiger partial charge < -0.3 is 14.4 Å². The van der Waals surface area contributed by atoms with Crippen molar-refractivity contribution in [3.05, 3.63) is 0 Å². The Kier molecular flexibility index (Phi) is 1.77. The minimum Gasteiger partial charge on any atom is -0.444 e. The van der Waals surface area contributed by atoms with E-state index >= 15 is 0 Å². The topological polar surface area (TPSA) is 42.1 Å². The molecule has 0 aromatic carbocycles. The fourth-order valence-corrected chi connectivity index (χ4v) is 1.48. The molecule has 1 amide bonds. The van der Waals surface area contributed by atoms with E-state index in [0.29, 0.717) is 13.1 Å². The first kappa shape index (κ1) is 8.81. The van der Waals surface area contributed by atoms with Gasteiger partial charge in [-0.1, -0.05) is 0 Å². The van der Waals surface area contributed by atoms with Crippen molar-refractivity contribution in [1.82, 2.24) is 4.90 Å². The van der Waals surface area contributed by atoms with E-state index in [4.69, 9.17) is 9.47 Å². The predicted octanol–water partition coefficient (Wildman–Crippen LogP) is 1.00. The molecular formula is C9H15NO3. The molecule has 74 valence electrons. The second kappa shape index (κ2) is 2.61. The Morgan fingerprint density at radius 3 is 2.38 bits per heavy atom. The Morgan fingerprint density at radius 2 is 1.92 bits per heavy atom. The molecule has 0 aromatic heterocycles. The van der Waals surface area contributed by atoms with Gasteiger partial charge in [-0.05, 0) is 20.8 Å². The largest absolute Gasteiger partial charge is 0.444 e. The van der Waals surface area contributed by atoms with Gasteiger partial charge in [-0.3, -0.25) is 0 Å². The van der Waals surface area contributed by atoms with Gasteiger partial charge in [0.15, 0.2) is 0 Å². The van der Waals surface area contributed by atoms with Gasteiger partial charge in [-0.25, -0.2) is 4.79 Å². The molecule has 4 heteroatoms. The van der Waals surface area contributed by atoms with Crippen LogP contribution in [0.2, 0.25) is 0 Å². The highest BCUT2D eigenvalue weighted by Crippen LogP contribution is 2.31. The summed E-state index contributed by atoms with van der Waals surface area (Å²) in [6.45, 7) is 7.01. The average Bonchev–Trinajstić information content (AvgIpc) is 2.55. The Bertz CT molecular complexity index is 224. The van der Waals surface area contributed by atoms with Gasteiger partial charge in [0.2, 0.25) is 0 Å². The van der Waals surface area contributed by atoms with Crippen molar-refractivity contribution < 1.29 is 14.3 Å². The molecule has 13 heavy (non-hydrogen) atoms. The molecule has 2 aliphatic rings. The molecule has 2 saturated heterocycles. The summed E-state index contributed by atoms with van der Waals surface area (Å²) in [7, 11) is 0. The minimum absolute atomic E-state index is 0.219. The molecule has 0 aliphatic carbocycles. The fraction of sp³-hybridized carbons (Fsp3) is 0.889. The molecule has 4 nitrogen and oxygen atoms in total. The van der Waals surface area contributed by atoms with E-state index in [-0.39, 0.29) is 18.3 Å². The second-order valence-corrected chi connectivity index (χ2v) is 4.60. The van der Waals surface area contributed by atoms with Crippen molar-refractivity contribution >= 4 is 6.09 Å². The lowest BCUT2D eigenvalue weighted by Gasteiger charge is -2.24. The highest BCUT2D eigenvalue weighted by molar-refractivity contribution is 5.69. The van der Waals surface area contributed by atoms with Crippen molar-refractivity contribution in [2.75, 3.05) is 13.1 Å². The molecule has 2 aliphatic heterocycles. The third-order valence-corrected chi connectivity index (χ3v) is 2.14. The van der Waals surface area contributed by atoms with E-state index in [1.165, 1.54) is 0 Å². The SMILES string of the molecule is CC(C)(C)OC(=O)N1CC2O[C@@H]2C1. The van der Waals surface area contributed by atoms with Gasteiger partial charge in [0.05, 0.1) is 13.1 Å². The Labute approximate surface area is 77.8 Å². The summed E-state index contributed by atoms with van der Waals surface area (Å²) in [5.74, 6) is 0. The third kappa shape index (κ3) is 1.94. The number of rotatable bonds is 0. The molecule has 0 saturated carbocycles. The monoisotopic (exact) mass is 185 g/mol. The molecule has 1 unspecified atom stereocenters. The molecule has 0 bridgehead atoms.